The summed E-state index contributed by atoms with van der Waals surface area (Å²) in [5.74, 6) is 0.175. The SMILES string of the molecule is CCN[C@H](C)C(=O)c1ccc(C)cc1C. The monoisotopic (exact) mass is 205 g/mol. The van der Waals surface area contributed by atoms with E-state index in [2.05, 4.69) is 5.32 Å². The molecular weight excluding hydrogens is 186 g/mol. The molecule has 0 aromatic heterocycles. The summed E-state index contributed by atoms with van der Waals surface area (Å²) in [6, 6.07) is 5.85. The highest BCUT2D eigenvalue weighted by Crippen LogP contribution is 2.12. The first-order valence-corrected chi connectivity index (χ1v) is 5.41. The van der Waals surface area contributed by atoms with Crippen molar-refractivity contribution in [2.45, 2.75) is 33.7 Å². The summed E-state index contributed by atoms with van der Waals surface area (Å²) in [5.41, 5.74) is 3.08. The summed E-state index contributed by atoms with van der Waals surface area (Å²) in [4.78, 5) is 12.0. The Labute approximate surface area is 91.7 Å². The van der Waals surface area contributed by atoms with Gasteiger partial charge in [0.1, 0.15) is 0 Å². The van der Waals surface area contributed by atoms with Gasteiger partial charge < -0.3 is 5.32 Å². The van der Waals surface area contributed by atoms with Crippen molar-refractivity contribution in [3.05, 3.63) is 34.9 Å². The van der Waals surface area contributed by atoms with Crippen LogP contribution in [0.15, 0.2) is 18.2 Å². The quantitative estimate of drug-likeness (QED) is 0.765. The Balaban J connectivity index is 2.91. The fourth-order valence-corrected chi connectivity index (χ4v) is 1.72. The highest BCUT2D eigenvalue weighted by atomic mass is 16.1. The number of Topliss-reactive ketones (excluding diaryl/α,β-unsaturated/α-hetero) is 1. The van der Waals surface area contributed by atoms with Crippen LogP contribution >= 0.6 is 0 Å². The minimum absolute atomic E-state index is 0.101. The highest BCUT2D eigenvalue weighted by Gasteiger charge is 2.15. The molecule has 0 unspecified atom stereocenters. The zero-order chi connectivity index (χ0) is 11.4. The molecule has 1 aromatic rings. The summed E-state index contributed by atoms with van der Waals surface area (Å²) in [6.45, 7) is 8.75. The molecule has 1 aromatic carbocycles. The molecule has 0 aliphatic heterocycles. The van der Waals surface area contributed by atoms with Crippen molar-refractivity contribution in [1.29, 1.82) is 0 Å². The Morgan fingerprint density at radius 2 is 2.07 bits per heavy atom. The van der Waals surface area contributed by atoms with Gasteiger partial charge in [0, 0.05) is 5.56 Å². The standard InChI is InChI=1S/C13H19NO/c1-5-14-11(4)13(15)12-7-6-9(2)8-10(12)3/h6-8,11,14H,5H2,1-4H3/t11-/m1/s1. The first-order valence-electron chi connectivity index (χ1n) is 5.41. The van der Waals surface area contributed by atoms with Crippen molar-refractivity contribution in [2.75, 3.05) is 6.54 Å². The largest absolute Gasteiger partial charge is 0.308 e. The fourth-order valence-electron chi connectivity index (χ4n) is 1.72. The molecule has 2 nitrogen and oxygen atoms in total. The van der Waals surface area contributed by atoms with Crippen LogP contribution in [0.4, 0.5) is 0 Å². The number of nitrogens with one attached hydrogen (secondary N) is 1. The lowest BCUT2D eigenvalue weighted by Crippen LogP contribution is -2.34. The number of carbonyl (C=O) groups excluding carboxylic acids is 1. The Kier molecular flexibility index (Phi) is 4.04. The van der Waals surface area contributed by atoms with Crippen molar-refractivity contribution in [3.8, 4) is 0 Å². The van der Waals surface area contributed by atoms with E-state index in [0.29, 0.717) is 0 Å². The van der Waals surface area contributed by atoms with Gasteiger partial charge in [-0.1, -0.05) is 30.7 Å². The third kappa shape index (κ3) is 2.90. The topological polar surface area (TPSA) is 29.1 Å². The van der Waals surface area contributed by atoms with Gasteiger partial charge in [-0.25, -0.2) is 0 Å². The molecule has 0 heterocycles. The number of hydrogen-bond acceptors (Lipinski definition) is 2. The maximum Gasteiger partial charge on any atom is 0.179 e. The summed E-state index contributed by atoms with van der Waals surface area (Å²) in [5, 5.41) is 3.14. The molecule has 0 bridgehead atoms. The second-order valence-corrected chi connectivity index (χ2v) is 3.96. The van der Waals surface area contributed by atoms with Crippen molar-refractivity contribution in [1.82, 2.24) is 5.32 Å². The number of rotatable bonds is 4. The fraction of sp³-hybridized carbons (Fsp3) is 0.462. The summed E-state index contributed by atoms with van der Waals surface area (Å²) < 4.78 is 0. The summed E-state index contributed by atoms with van der Waals surface area (Å²) in [6.07, 6.45) is 0. The normalized spacial score (nSPS) is 12.5. The Hall–Kier alpha value is -1.15. The average molecular weight is 205 g/mol. The maximum absolute atomic E-state index is 12.0. The predicted octanol–water partition coefficient (Wildman–Crippen LogP) is 2.48. The maximum atomic E-state index is 12.0. The smallest absolute Gasteiger partial charge is 0.179 e. The highest BCUT2D eigenvalue weighted by molar-refractivity contribution is 6.01. The van der Waals surface area contributed by atoms with Gasteiger partial charge in [-0.2, -0.15) is 0 Å². The minimum atomic E-state index is -0.101. The first-order chi connectivity index (χ1) is 7.06. The minimum Gasteiger partial charge on any atom is -0.308 e. The molecule has 0 radical (unpaired) electrons. The third-order valence-electron chi connectivity index (χ3n) is 2.55. The van der Waals surface area contributed by atoms with E-state index in [4.69, 9.17) is 0 Å². The Bertz CT molecular complexity index is 358. The molecule has 0 amide bonds. The Morgan fingerprint density at radius 3 is 2.60 bits per heavy atom. The number of carbonyl (C=O) groups is 1. The van der Waals surface area contributed by atoms with Gasteiger partial charge in [0.05, 0.1) is 6.04 Å². The first kappa shape index (κ1) is 11.9. The van der Waals surface area contributed by atoms with Crippen molar-refractivity contribution < 1.29 is 4.79 Å². The van der Waals surface area contributed by atoms with E-state index in [-0.39, 0.29) is 11.8 Å². The van der Waals surface area contributed by atoms with Gasteiger partial charge in [0.25, 0.3) is 0 Å². The van der Waals surface area contributed by atoms with Gasteiger partial charge in [0.2, 0.25) is 0 Å². The zero-order valence-corrected chi connectivity index (χ0v) is 9.92. The van der Waals surface area contributed by atoms with E-state index < -0.39 is 0 Å². The number of likely N-dealkylation sites (N-methyl/N-ethyl adjacent to an activating group) is 1. The van der Waals surface area contributed by atoms with E-state index in [9.17, 15) is 4.79 Å². The van der Waals surface area contributed by atoms with Crippen LogP contribution < -0.4 is 5.32 Å². The number of hydrogen-bond donors (Lipinski definition) is 1. The molecular formula is C13H19NO. The van der Waals surface area contributed by atoms with Crippen LogP contribution in [0.2, 0.25) is 0 Å². The van der Waals surface area contributed by atoms with Crippen LogP contribution in [0.25, 0.3) is 0 Å². The van der Waals surface area contributed by atoms with E-state index >= 15 is 0 Å². The van der Waals surface area contributed by atoms with Gasteiger partial charge in [-0.05, 0) is 32.9 Å². The van der Waals surface area contributed by atoms with E-state index in [1.54, 1.807) is 0 Å². The van der Waals surface area contributed by atoms with Crippen LogP contribution in [0.1, 0.15) is 35.3 Å². The van der Waals surface area contributed by atoms with Crippen LogP contribution in [-0.4, -0.2) is 18.4 Å². The number of ketones is 1. The van der Waals surface area contributed by atoms with Crippen LogP contribution in [0.5, 0.6) is 0 Å². The summed E-state index contributed by atoms with van der Waals surface area (Å²) >= 11 is 0. The molecule has 0 saturated carbocycles. The van der Waals surface area contributed by atoms with E-state index in [1.165, 1.54) is 5.56 Å². The lowest BCUT2D eigenvalue weighted by Gasteiger charge is -2.13. The molecule has 0 fully saturated rings. The van der Waals surface area contributed by atoms with Crippen LogP contribution in [0.3, 0.4) is 0 Å². The summed E-state index contributed by atoms with van der Waals surface area (Å²) in [7, 11) is 0. The number of benzene rings is 1. The molecule has 0 saturated heterocycles. The van der Waals surface area contributed by atoms with E-state index in [1.807, 2.05) is 45.9 Å². The molecule has 15 heavy (non-hydrogen) atoms. The van der Waals surface area contributed by atoms with Crippen molar-refractivity contribution >= 4 is 5.78 Å². The van der Waals surface area contributed by atoms with Crippen LogP contribution in [-0.2, 0) is 0 Å². The molecule has 1 rings (SSSR count). The molecule has 1 atom stereocenters. The van der Waals surface area contributed by atoms with Gasteiger partial charge in [0.15, 0.2) is 5.78 Å². The third-order valence-corrected chi connectivity index (χ3v) is 2.55. The molecule has 2 heteroatoms. The number of aryl methyl sites for hydroxylation is 2. The molecule has 82 valence electrons. The van der Waals surface area contributed by atoms with Gasteiger partial charge >= 0.3 is 0 Å². The second-order valence-electron chi connectivity index (χ2n) is 3.96. The average Bonchev–Trinajstić information content (AvgIpc) is 2.17. The Morgan fingerprint density at radius 1 is 1.40 bits per heavy atom. The lowest BCUT2D eigenvalue weighted by molar-refractivity contribution is 0.0951. The van der Waals surface area contributed by atoms with Gasteiger partial charge in [-0.3, -0.25) is 4.79 Å². The zero-order valence-electron chi connectivity index (χ0n) is 9.92. The second kappa shape index (κ2) is 5.08. The van der Waals surface area contributed by atoms with E-state index in [0.717, 1.165) is 17.7 Å². The van der Waals surface area contributed by atoms with Gasteiger partial charge in [-0.15, -0.1) is 0 Å². The molecule has 0 spiro atoms. The lowest BCUT2D eigenvalue weighted by atomic mass is 9.99. The van der Waals surface area contributed by atoms with Crippen molar-refractivity contribution in [3.63, 3.8) is 0 Å². The van der Waals surface area contributed by atoms with Crippen LogP contribution in [0, 0.1) is 13.8 Å². The molecule has 1 N–H and O–H groups in total. The van der Waals surface area contributed by atoms with Crippen molar-refractivity contribution in [2.24, 2.45) is 0 Å². The molecule has 0 aliphatic carbocycles. The molecule has 0 aliphatic rings. The predicted molar refractivity (Wildman–Crippen MR) is 63.4 cm³/mol.